The van der Waals surface area contributed by atoms with Gasteiger partial charge in [-0.25, -0.2) is 0 Å². The number of hydrogen-bond acceptors (Lipinski definition) is 3. The van der Waals surface area contributed by atoms with Crippen molar-refractivity contribution in [1.29, 1.82) is 0 Å². The third-order valence-electron chi connectivity index (χ3n) is 2.42. The van der Waals surface area contributed by atoms with Gasteiger partial charge in [0, 0.05) is 9.86 Å². The zero-order valence-electron chi connectivity index (χ0n) is 9.26. The first-order valence-corrected chi connectivity index (χ1v) is 5.91. The number of carboxylic acid groups (broad SMARTS) is 1. The van der Waals surface area contributed by atoms with Gasteiger partial charge in [0.15, 0.2) is 0 Å². The van der Waals surface area contributed by atoms with E-state index in [9.17, 15) is 9.59 Å². The fourth-order valence-electron chi connectivity index (χ4n) is 1.76. The lowest BCUT2D eigenvalue weighted by molar-refractivity contribution is -0.137. The lowest BCUT2D eigenvalue weighted by atomic mass is 10.1. The number of rotatable bonds is 4. The average Bonchev–Trinajstić information content (AvgIpc) is 2.54. The van der Waals surface area contributed by atoms with Crippen molar-refractivity contribution in [3.05, 3.63) is 28.4 Å². The highest BCUT2D eigenvalue weighted by Crippen LogP contribution is 2.23. The van der Waals surface area contributed by atoms with Crippen LogP contribution in [-0.4, -0.2) is 26.8 Å². The third-order valence-corrected chi connectivity index (χ3v) is 2.91. The molecule has 7 heteroatoms. The van der Waals surface area contributed by atoms with Gasteiger partial charge in [-0.3, -0.25) is 14.3 Å². The Bertz CT molecular complexity index is 636. The lowest BCUT2D eigenvalue weighted by Gasteiger charge is -1.98. The van der Waals surface area contributed by atoms with Crippen LogP contribution in [0.15, 0.2) is 22.7 Å². The summed E-state index contributed by atoms with van der Waals surface area (Å²) in [7, 11) is 0. The number of fused-ring (bicyclic) bond motifs is 1. The Balaban J connectivity index is 2.59. The van der Waals surface area contributed by atoms with Crippen molar-refractivity contribution in [2.45, 2.75) is 13.0 Å². The molecule has 1 aromatic heterocycles. The summed E-state index contributed by atoms with van der Waals surface area (Å²) in [6.45, 7) is -0.253. The molecule has 2 aromatic rings. The molecule has 1 amide bonds. The minimum atomic E-state index is -0.993. The summed E-state index contributed by atoms with van der Waals surface area (Å²) in [4.78, 5) is 21.7. The molecule has 0 fully saturated rings. The standard InChI is InChI=1S/C11H10BrN3O3/c12-6-1-2-9-7(3-6)8(4-10(13)16)14-15(9)5-11(17)18/h1-3H,4-5H2,(H2,13,16)(H,17,18). The van der Waals surface area contributed by atoms with Gasteiger partial charge in [0.1, 0.15) is 6.54 Å². The van der Waals surface area contributed by atoms with Crippen LogP contribution in [0.1, 0.15) is 5.69 Å². The molecule has 1 heterocycles. The summed E-state index contributed by atoms with van der Waals surface area (Å²) in [6.07, 6.45) is -0.0143. The molecular formula is C11H10BrN3O3. The van der Waals surface area contributed by atoms with E-state index in [1.807, 2.05) is 0 Å². The van der Waals surface area contributed by atoms with Crippen molar-refractivity contribution in [2.75, 3.05) is 0 Å². The molecule has 0 aliphatic carbocycles. The van der Waals surface area contributed by atoms with Crippen molar-refractivity contribution < 1.29 is 14.7 Å². The smallest absolute Gasteiger partial charge is 0.325 e. The van der Waals surface area contributed by atoms with E-state index in [-0.39, 0.29) is 13.0 Å². The van der Waals surface area contributed by atoms with Gasteiger partial charge in [-0.2, -0.15) is 5.10 Å². The Morgan fingerprint density at radius 3 is 2.78 bits per heavy atom. The number of carbonyl (C=O) groups is 2. The Labute approximate surface area is 111 Å². The Morgan fingerprint density at radius 1 is 1.44 bits per heavy atom. The van der Waals surface area contributed by atoms with Crippen molar-refractivity contribution in [2.24, 2.45) is 5.73 Å². The maximum Gasteiger partial charge on any atom is 0.325 e. The van der Waals surface area contributed by atoms with E-state index in [2.05, 4.69) is 21.0 Å². The average molecular weight is 312 g/mol. The fourth-order valence-corrected chi connectivity index (χ4v) is 2.12. The zero-order chi connectivity index (χ0) is 13.3. The number of nitrogens with two attached hydrogens (primary N) is 1. The van der Waals surface area contributed by atoms with Gasteiger partial charge in [0.2, 0.25) is 5.91 Å². The van der Waals surface area contributed by atoms with Gasteiger partial charge in [-0.05, 0) is 18.2 Å². The van der Waals surface area contributed by atoms with Crippen LogP contribution in [0.4, 0.5) is 0 Å². The van der Waals surface area contributed by atoms with E-state index in [1.54, 1.807) is 18.2 Å². The van der Waals surface area contributed by atoms with Crippen molar-refractivity contribution >= 4 is 38.7 Å². The van der Waals surface area contributed by atoms with Crippen molar-refractivity contribution in [3.8, 4) is 0 Å². The Hall–Kier alpha value is -1.89. The Kier molecular flexibility index (Phi) is 3.33. The number of primary amides is 1. The number of hydrogen-bond donors (Lipinski definition) is 2. The second-order valence-corrected chi connectivity index (χ2v) is 4.72. The first-order valence-electron chi connectivity index (χ1n) is 5.12. The topological polar surface area (TPSA) is 98.2 Å². The number of carbonyl (C=O) groups excluding carboxylic acids is 1. The molecule has 1 aromatic carbocycles. The van der Waals surface area contributed by atoms with Gasteiger partial charge < -0.3 is 10.8 Å². The fraction of sp³-hybridized carbons (Fsp3) is 0.182. The van der Waals surface area contributed by atoms with Gasteiger partial charge in [-0.1, -0.05) is 15.9 Å². The highest BCUT2D eigenvalue weighted by Gasteiger charge is 2.14. The molecule has 94 valence electrons. The summed E-state index contributed by atoms with van der Waals surface area (Å²) in [5, 5.41) is 13.7. The molecule has 0 saturated heterocycles. The molecule has 0 bridgehead atoms. The van der Waals surface area contributed by atoms with Crippen LogP contribution in [0.3, 0.4) is 0 Å². The molecule has 0 aliphatic heterocycles. The maximum absolute atomic E-state index is 11.0. The predicted octanol–water partition coefficient (Wildman–Crippen LogP) is 0.911. The van der Waals surface area contributed by atoms with Crippen LogP contribution >= 0.6 is 15.9 Å². The highest BCUT2D eigenvalue weighted by atomic mass is 79.9. The first-order chi connectivity index (χ1) is 8.47. The number of carboxylic acids is 1. The summed E-state index contributed by atoms with van der Waals surface area (Å²) >= 11 is 3.32. The van der Waals surface area contributed by atoms with Crippen LogP contribution in [0, 0.1) is 0 Å². The monoisotopic (exact) mass is 311 g/mol. The summed E-state index contributed by atoms with van der Waals surface area (Å²) < 4.78 is 2.18. The van der Waals surface area contributed by atoms with Crippen LogP contribution in [0.5, 0.6) is 0 Å². The lowest BCUT2D eigenvalue weighted by Crippen LogP contribution is -2.15. The molecule has 3 N–H and O–H groups in total. The van der Waals surface area contributed by atoms with Crippen LogP contribution < -0.4 is 5.73 Å². The Morgan fingerprint density at radius 2 is 2.17 bits per heavy atom. The van der Waals surface area contributed by atoms with Crippen molar-refractivity contribution in [1.82, 2.24) is 9.78 Å². The number of aromatic nitrogens is 2. The van der Waals surface area contributed by atoms with Crippen LogP contribution in [0.2, 0.25) is 0 Å². The van der Waals surface area contributed by atoms with Crippen LogP contribution in [-0.2, 0) is 22.6 Å². The number of halogens is 1. The number of amides is 1. The summed E-state index contributed by atoms with van der Waals surface area (Å²) in [5.74, 6) is -1.50. The van der Waals surface area contributed by atoms with E-state index in [1.165, 1.54) is 4.68 Å². The highest BCUT2D eigenvalue weighted by molar-refractivity contribution is 9.10. The third kappa shape index (κ3) is 2.51. The van der Waals surface area contributed by atoms with Gasteiger partial charge in [0.25, 0.3) is 0 Å². The maximum atomic E-state index is 11.0. The molecule has 0 saturated carbocycles. The number of benzene rings is 1. The molecule has 0 aliphatic rings. The summed E-state index contributed by atoms with van der Waals surface area (Å²) in [5.41, 5.74) is 6.30. The largest absolute Gasteiger partial charge is 0.480 e. The SMILES string of the molecule is NC(=O)Cc1nn(CC(=O)O)c2ccc(Br)cc12. The number of nitrogens with zero attached hydrogens (tertiary/aromatic N) is 2. The van der Waals surface area contributed by atoms with E-state index >= 15 is 0 Å². The van der Waals surface area contributed by atoms with Gasteiger partial charge in [-0.15, -0.1) is 0 Å². The molecule has 0 unspecified atom stereocenters. The van der Waals surface area contributed by atoms with E-state index < -0.39 is 11.9 Å². The predicted molar refractivity (Wildman–Crippen MR) is 68.0 cm³/mol. The van der Waals surface area contributed by atoms with Crippen LogP contribution in [0.25, 0.3) is 10.9 Å². The van der Waals surface area contributed by atoms with E-state index in [0.29, 0.717) is 11.2 Å². The second kappa shape index (κ2) is 4.77. The minimum Gasteiger partial charge on any atom is -0.480 e. The molecule has 0 spiro atoms. The molecule has 6 nitrogen and oxygen atoms in total. The number of aliphatic carboxylic acids is 1. The van der Waals surface area contributed by atoms with Gasteiger partial charge >= 0.3 is 5.97 Å². The minimum absolute atomic E-state index is 0.0143. The molecule has 2 rings (SSSR count). The second-order valence-electron chi connectivity index (χ2n) is 3.80. The molecular weight excluding hydrogens is 302 g/mol. The van der Waals surface area contributed by atoms with E-state index in [0.717, 1.165) is 9.86 Å². The van der Waals surface area contributed by atoms with E-state index in [4.69, 9.17) is 10.8 Å². The first kappa shape index (κ1) is 12.6. The molecule has 0 radical (unpaired) electrons. The van der Waals surface area contributed by atoms with Crippen molar-refractivity contribution in [3.63, 3.8) is 0 Å². The summed E-state index contributed by atoms with van der Waals surface area (Å²) in [6, 6.07) is 5.33. The molecule has 0 atom stereocenters. The van der Waals surface area contributed by atoms with Gasteiger partial charge in [0.05, 0.1) is 17.6 Å². The normalized spacial score (nSPS) is 10.7. The quantitative estimate of drug-likeness (QED) is 0.876. The molecule has 18 heavy (non-hydrogen) atoms. The zero-order valence-corrected chi connectivity index (χ0v) is 10.8.